The minimum atomic E-state index is 0.0896. The summed E-state index contributed by atoms with van der Waals surface area (Å²) in [5.74, 6) is 0. The Morgan fingerprint density at radius 3 is 2.21 bits per heavy atom. The SMILES string of the molecule is C=C1/C=C\C=C/N(C(/C=C\C=Cc2ccc(-c3ccccc3)cc2)CC)/C=c2\c(c3ccc4oc5ccccc5c4c3n2-c2ccccc2)=C/C1=C. The second-order valence-corrected chi connectivity index (χ2v) is 13.1. The molecule has 0 N–H and O–H groups in total. The highest BCUT2D eigenvalue weighted by Crippen LogP contribution is 2.34. The summed E-state index contributed by atoms with van der Waals surface area (Å²) in [6.45, 7) is 11.0. The summed E-state index contributed by atoms with van der Waals surface area (Å²) in [6, 6.07) is 42.4. The van der Waals surface area contributed by atoms with E-state index in [9.17, 15) is 0 Å². The lowest BCUT2D eigenvalue weighted by Crippen LogP contribution is -2.34. The van der Waals surface area contributed by atoms with Gasteiger partial charge in [-0.05, 0) is 76.7 Å². The molecule has 1 unspecified atom stereocenters. The molecule has 1 atom stereocenters. The van der Waals surface area contributed by atoms with Crippen molar-refractivity contribution in [3.63, 3.8) is 0 Å². The van der Waals surface area contributed by atoms with Crippen LogP contribution in [0.25, 0.3) is 68.0 Å². The first-order valence-corrected chi connectivity index (χ1v) is 17.8. The fourth-order valence-corrected chi connectivity index (χ4v) is 7.06. The highest BCUT2D eigenvalue weighted by molar-refractivity contribution is 6.18. The molecule has 7 aromatic rings. The molecule has 0 aliphatic carbocycles. The van der Waals surface area contributed by atoms with Crippen LogP contribution in [0.4, 0.5) is 0 Å². The van der Waals surface area contributed by atoms with Crippen LogP contribution < -0.4 is 10.6 Å². The Balaban J connectivity index is 1.28. The molecule has 1 aliphatic rings. The van der Waals surface area contributed by atoms with E-state index in [4.69, 9.17) is 4.42 Å². The van der Waals surface area contributed by atoms with Crippen LogP contribution in [0.5, 0.6) is 0 Å². The van der Waals surface area contributed by atoms with E-state index < -0.39 is 0 Å². The molecule has 0 fully saturated rings. The molecule has 5 aromatic carbocycles. The number of para-hydroxylation sites is 2. The van der Waals surface area contributed by atoms with Gasteiger partial charge in [-0.1, -0.05) is 148 Å². The highest BCUT2D eigenvalue weighted by atomic mass is 16.3. The van der Waals surface area contributed by atoms with E-state index in [2.05, 4.69) is 182 Å². The quantitative estimate of drug-likeness (QED) is 0.157. The molecule has 2 aromatic heterocycles. The average Bonchev–Trinajstić information content (AvgIpc) is 3.71. The first-order chi connectivity index (χ1) is 25.6. The number of aromatic nitrogens is 1. The molecular formula is C49H40N2O. The number of nitrogens with zero attached hydrogens (tertiary/aromatic N) is 2. The third-order valence-electron chi connectivity index (χ3n) is 9.78. The maximum atomic E-state index is 6.41. The van der Waals surface area contributed by atoms with E-state index in [1.54, 1.807) is 0 Å². The van der Waals surface area contributed by atoms with Gasteiger partial charge in [-0.25, -0.2) is 0 Å². The average molecular weight is 673 g/mol. The van der Waals surface area contributed by atoms with E-state index in [1.165, 1.54) is 11.1 Å². The molecule has 3 nitrogen and oxygen atoms in total. The molecule has 0 bridgehead atoms. The van der Waals surface area contributed by atoms with Gasteiger partial charge in [0.25, 0.3) is 0 Å². The van der Waals surface area contributed by atoms with Gasteiger partial charge in [-0.2, -0.15) is 0 Å². The van der Waals surface area contributed by atoms with Crippen molar-refractivity contribution >= 4 is 51.2 Å². The van der Waals surface area contributed by atoms with Gasteiger partial charge in [0.15, 0.2) is 0 Å². The minimum Gasteiger partial charge on any atom is -0.456 e. The maximum absolute atomic E-state index is 6.41. The van der Waals surface area contributed by atoms with Crippen LogP contribution in [-0.2, 0) is 0 Å². The molecular weight excluding hydrogens is 633 g/mol. The number of hydrogen-bond donors (Lipinski definition) is 0. The normalized spacial score (nSPS) is 16.8. The monoisotopic (exact) mass is 672 g/mol. The largest absolute Gasteiger partial charge is 0.456 e. The number of benzene rings is 5. The topological polar surface area (TPSA) is 21.3 Å². The fourth-order valence-electron chi connectivity index (χ4n) is 7.06. The lowest BCUT2D eigenvalue weighted by atomic mass is 10.0. The van der Waals surface area contributed by atoms with E-state index in [-0.39, 0.29) is 6.04 Å². The van der Waals surface area contributed by atoms with Crippen molar-refractivity contribution in [2.45, 2.75) is 19.4 Å². The number of furan rings is 1. The standard InChI is InChI=1S/C49H40N2O/c1-4-40(21-12-11-18-37-26-28-39(29-27-37)38-19-7-5-8-20-38)50-32-16-15-17-35(2)36(3)33-44-42-30-31-47-48(43-24-13-14-25-46(43)52-47)49(42)51(45(44)34-50)41-22-9-6-10-23-41/h5-34,40H,2-4H2,1H3/b17-15-,18-11?,21-12-,32-16-,44-33-,45-34+. The van der Waals surface area contributed by atoms with Crippen molar-refractivity contribution in [1.82, 2.24) is 9.47 Å². The van der Waals surface area contributed by atoms with Gasteiger partial charge in [0.05, 0.1) is 22.3 Å². The molecule has 3 heteroatoms. The smallest absolute Gasteiger partial charge is 0.137 e. The summed E-state index contributed by atoms with van der Waals surface area (Å²) in [7, 11) is 0. The Kier molecular flexibility index (Phi) is 8.99. The maximum Gasteiger partial charge on any atom is 0.137 e. The molecule has 52 heavy (non-hydrogen) atoms. The van der Waals surface area contributed by atoms with Crippen molar-refractivity contribution in [1.29, 1.82) is 0 Å². The van der Waals surface area contributed by atoms with Crippen LogP contribution in [0, 0.1) is 0 Å². The van der Waals surface area contributed by atoms with Crippen LogP contribution in [-0.4, -0.2) is 15.5 Å². The molecule has 3 heterocycles. The first-order valence-electron chi connectivity index (χ1n) is 17.8. The van der Waals surface area contributed by atoms with Crippen LogP contribution in [0.15, 0.2) is 193 Å². The minimum absolute atomic E-state index is 0.0896. The number of fused-ring (bicyclic) bond motifs is 7. The number of rotatable bonds is 7. The molecule has 0 radical (unpaired) electrons. The number of hydrogen-bond acceptors (Lipinski definition) is 2. The molecule has 1 aliphatic heterocycles. The van der Waals surface area contributed by atoms with E-state index in [0.29, 0.717) is 0 Å². The van der Waals surface area contributed by atoms with Crippen LogP contribution in [0.1, 0.15) is 18.9 Å². The summed E-state index contributed by atoms with van der Waals surface area (Å²) < 4.78 is 8.78. The molecule has 0 saturated heterocycles. The van der Waals surface area contributed by atoms with Gasteiger partial charge in [-0.3, -0.25) is 0 Å². The van der Waals surface area contributed by atoms with Crippen molar-refractivity contribution in [3.05, 3.63) is 204 Å². The van der Waals surface area contributed by atoms with E-state index >= 15 is 0 Å². The fraction of sp³-hybridized carbons (Fsp3) is 0.0612. The van der Waals surface area contributed by atoms with Gasteiger partial charge in [0, 0.05) is 34.1 Å². The summed E-state index contributed by atoms with van der Waals surface area (Å²) in [5, 5.41) is 5.46. The number of allylic oxidation sites excluding steroid dienone is 7. The Morgan fingerprint density at radius 2 is 1.42 bits per heavy atom. The lowest BCUT2D eigenvalue weighted by molar-refractivity contribution is 0.447. The van der Waals surface area contributed by atoms with Crippen LogP contribution in [0.3, 0.4) is 0 Å². The Hall–Kier alpha value is -6.58. The van der Waals surface area contributed by atoms with Crippen LogP contribution in [0.2, 0.25) is 0 Å². The summed E-state index contributed by atoms with van der Waals surface area (Å²) in [5.41, 5.74) is 9.25. The van der Waals surface area contributed by atoms with Gasteiger partial charge >= 0.3 is 0 Å². The predicted octanol–water partition coefficient (Wildman–Crippen LogP) is 11.3. The Bertz CT molecular complexity index is 2680. The van der Waals surface area contributed by atoms with E-state index in [0.717, 1.165) is 72.2 Å². The van der Waals surface area contributed by atoms with Crippen molar-refractivity contribution < 1.29 is 4.42 Å². The third kappa shape index (κ3) is 6.29. The van der Waals surface area contributed by atoms with Gasteiger partial charge in [0.1, 0.15) is 11.2 Å². The second-order valence-electron chi connectivity index (χ2n) is 13.1. The van der Waals surface area contributed by atoms with Crippen LogP contribution >= 0.6 is 0 Å². The van der Waals surface area contributed by atoms with E-state index in [1.807, 2.05) is 30.4 Å². The predicted molar refractivity (Wildman–Crippen MR) is 221 cm³/mol. The summed E-state index contributed by atoms with van der Waals surface area (Å²) in [6.07, 6.45) is 22.4. The summed E-state index contributed by atoms with van der Waals surface area (Å²) >= 11 is 0. The Morgan fingerprint density at radius 1 is 0.692 bits per heavy atom. The summed E-state index contributed by atoms with van der Waals surface area (Å²) in [4.78, 5) is 2.32. The zero-order valence-electron chi connectivity index (χ0n) is 29.3. The third-order valence-corrected chi connectivity index (χ3v) is 9.78. The molecule has 0 spiro atoms. The van der Waals surface area contributed by atoms with Crippen molar-refractivity contribution in [2.24, 2.45) is 0 Å². The van der Waals surface area contributed by atoms with Gasteiger partial charge in [-0.15, -0.1) is 0 Å². The van der Waals surface area contributed by atoms with Crippen molar-refractivity contribution in [2.75, 3.05) is 0 Å². The molecule has 0 amide bonds. The molecule has 8 rings (SSSR count). The zero-order valence-corrected chi connectivity index (χ0v) is 29.3. The lowest BCUT2D eigenvalue weighted by Gasteiger charge is -2.24. The van der Waals surface area contributed by atoms with Crippen molar-refractivity contribution in [3.8, 4) is 16.8 Å². The van der Waals surface area contributed by atoms with Gasteiger partial charge < -0.3 is 13.9 Å². The highest BCUT2D eigenvalue weighted by Gasteiger charge is 2.19. The second kappa shape index (κ2) is 14.3. The first kappa shape index (κ1) is 32.6. The molecule has 0 saturated carbocycles. The zero-order chi connectivity index (χ0) is 35.4. The van der Waals surface area contributed by atoms with Gasteiger partial charge in [0.2, 0.25) is 0 Å². The molecule has 252 valence electrons. The Labute approximate surface area is 304 Å².